The van der Waals surface area contributed by atoms with Crippen molar-refractivity contribution in [2.75, 3.05) is 12.0 Å². The molecule has 0 fully saturated rings. The van der Waals surface area contributed by atoms with Gasteiger partial charge >= 0.3 is 12.3 Å². The van der Waals surface area contributed by atoms with Crippen molar-refractivity contribution in [1.29, 1.82) is 0 Å². The lowest BCUT2D eigenvalue weighted by Gasteiger charge is -2.29. The van der Waals surface area contributed by atoms with Crippen LogP contribution in [0.15, 0.2) is 53.9 Å². The van der Waals surface area contributed by atoms with E-state index in [-0.39, 0.29) is 38.3 Å². The van der Waals surface area contributed by atoms with Gasteiger partial charge in [0.05, 0.1) is 30.9 Å². The molecule has 1 unspecified atom stereocenters. The number of methoxy groups -OCH3 is 1. The molecule has 198 valence electrons. The Morgan fingerprint density at radius 2 is 1.74 bits per heavy atom. The van der Waals surface area contributed by atoms with E-state index in [4.69, 9.17) is 32.8 Å². The number of amides is 2. The van der Waals surface area contributed by atoms with E-state index in [0.717, 1.165) is 19.2 Å². The van der Waals surface area contributed by atoms with Gasteiger partial charge < -0.3 is 9.57 Å². The number of carbonyl (C=O) groups is 2. The van der Waals surface area contributed by atoms with Gasteiger partial charge in [0.2, 0.25) is 0 Å². The third-order valence-corrected chi connectivity index (χ3v) is 6.30. The first-order valence-electron chi connectivity index (χ1n) is 11.0. The number of nitrogens with zero attached hydrogens (tertiary/aromatic N) is 4. The quantitative estimate of drug-likeness (QED) is 0.363. The van der Waals surface area contributed by atoms with Crippen molar-refractivity contribution < 1.29 is 32.3 Å². The van der Waals surface area contributed by atoms with Crippen LogP contribution in [-0.4, -0.2) is 41.0 Å². The molecule has 0 saturated carbocycles. The molecule has 2 aromatic carbocycles. The molecular formula is C25H19Cl2F3N4O4. The van der Waals surface area contributed by atoms with Gasteiger partial charge in [-0.05, 0) is 55.3 Å². The average Bonchev–Trinajstić information content (AvgIpc) is 3.32. The first-order valence-corrected chi connectivity index (χ1v) is 11.7. The molecule has 0 spiro atoms. The van der Waals surface area contributed by atoms with E-state index in [1.165, 1.54) is 36.7 Å². The molecule has 1 aromatic heterocycles. The highest BCUT2D eigenvalue weighted by Crippen LogP contribution is 2.49. The highest BCUT2D eigenvalue weighted by atomic mass is 35.5. The molecule has 1 atom stereocenters. The van der Waals surface area contributed by atoms with Gasteiger partial charge in [0.25, 0.3) is 11.5 Å². The minimum Gasteiger partial charge on any atom is -0.452 e. The number of carbonyl (C=O) groups excluding carboxylic acids is 2. The van der Waals surface area contributed by atoms with Crippen LogP contribution in [0.2, 0.25) is 10.0 Å². The Balaban J connectivity index is 1.66. The summed E-state index contributed by atoms with van der Waals surface area (Å²) in [5, 5.41) is 3.76. The van der Waals surface area contributed by atoms with E-state index in [2.05, 4.69) is 15.1 Å². The molecule has 0 radical (unpaired) electrons. The van der Waals surface area contributed by atoms with Crippen LogP contribution in [0.25, 0.3) is 0 Å². The molecule has 38 heavy (non-hydrogen) atoms. The highest BCUT2D eigenvalue weighted by molar-refractivity contribution is 6.34. The number of hydrogen-bond donors (Lipinski definition) is 0. The normalized spacial score (nSPS) is 17.0. The lowest BCUT2D eigenvalue weighted by molar-refractivity contribution is -0.275. The van der Waals surface area contributed by atoms with Crippen molar-refractivity contribution in [2.24, 2.45) is 5.16 Å². The molecule has 13 heteroatoms. The third kappa shape index (κ3) is 5.03. The molecule has 0 bridgehead atoms. The Bertz CT molecular complexity index is 1430. The number of benzene rings is 2. The van der Waals surface area contributed by atoms with Gasteiger partial charge in [0.1, 0.15) is 0 Å². The van der Waals surface area contributed by atoms with Gasteiger partial charge in [0, 0.05) is 27.6 Å². The van der Waals surface area contributed by atoms with Crippen LogP contribution >= 0.6 is 23.2 Å². The van der Waals surface area contributed by atoms with E-state index in [9.17, 15) is 22.8 Å². The fourth-order valence-electron chi connectivity index (χ4n) is 3.92. The summed E-state index contributed by atoms with van der Waals surface area (Å²) in [6, 6.07) is 7.83. The first-order chi connectivity index (χ1) is 17.9. The van der Waals surface area contributed by atoms with Crippen molar-refractivity contribution in [3.63, 3.8) is 0 Å². The van der Waals surface area contributed by atoms with Crippen LogP contribution in [0.4, 0.5) is 23.8 Å². The van der Waals surface area contributed by atoms with Crippen LogP contribution in [0, 0.1) is 13.8 Å². The van der Waals surface area contributed by atoms with Crippen molar-refractivity contribution in [1.82, 2.24) is 9.97 Å². The number of anilines is 1. The zero-order valence-corrected chi connectivity index (χ0v) is 21.6. The van der Waals surface area contributed by atoms with Crippen molar-refractivity contribution in [2.45, 2.75) is 32.0 Å². The average molecular weight is 567 g/mol. The zero-order valence-electron chi connectivity index (χ0n) is 20.1. The fourth-order valence-corrected chi connectivity index (χ4v) is 4.45. The van der Waals surface area contributed by atoms with Crippen molar-refractivity contribution in [3.05, 3.63) is 86.8 Å². The Morgan fingerprint density at radius 1 is 1.05 bits per heavy atom. The molecule has 4 rings (SSSR count). The topological polar surface area (TPSA) is 94.0 Å². The molecule has 0 N–H and O–H groups in total. The molecule has 3 aromatic rings. The summed E-state index contributed by atoms with van der Waals surface area (Å²) in [5.41, 5.74) is -1.79. The molecule has 1 aliphatic heterocycles. The largest absolute Gasteiger partial charge is 0.452 e. The maximum Gasteiger partial charge on any atom is 0.435 e. The summed E-state index contributed by atoms with van der Waals surface area (Å²) in [6.07, 6.45) is -3.87. The minimum atomic E-state index is -4.85. The molecular weight excluding hydrogens is 548 g/mol. The van der Waals surface area contributed by atoms with Gasteiger partial charge in [-0.1, -0.05) is 34.4 Å². The van der Waals surface area contributed by atoms with Crippen LogP contribution in [-0.2, 0) is 15.2 Å². The van der Waals surface area contributed by atoms with Gasteiger partial charge in [0.15, 0.2) is 5.82 Å². The number of ether oxygens (including phenoxy) is 1. The van der Waals surface area contributed by atoms with E-state index < -0.39 is 30.2 Å². The number of alkyl halides is 3. The second-order valence-electron chi connectivity index (χ2n) is 8.45. The van der Waals surface area contributed by atoms with Crippen LogP contribution < -0.4 is 4.90 Å². The summed E-state index contributed by atoms with van der Waals surface area (Å²) in [5.74, 6) is -0.818. The predicted molar refractivity (Wildman–Crippen MR) is 134 cm³/mol. The molecule has 1 aliphatic rings. The number of oxime groups is 1. The van der Waals surface area contributed by atoms with E-state index in [1.54, 1.807) is 13.8 Å². The molecule has 0 aliphatic carbocycles. The summed E-state index contributed by atoms with van der Waals surface area (Å²) in [6.45, 7) is 3.25. The standard InChI is InChI=1S/C25H19Cl2F3N4O4/c1-13-6-15(4-5-19(13)22(35)34(23(36)37-3)21-12-31-14(2)11-32-21)20-10-24(38-33-20,25(28,29)30)16-7-17(26)9-18(27)8-16/h4-9,11-12H,10H2,1-3H3. The minimum absolute atomic E-state index is 0.00486. The number of aromatic nitrogens is 2. The number of rotatable bonds is 4. The fraction of sp³-hybridized carbons (Fsp3) is 0.240. The summed E-state index contributed by atoms with van der Waals surface area (Å²) in [4.78, 5) is 39.6. The van der Waals surface area contributed by atoms with Crippen molar-refractivity contribution in [3.8, 4) is 0 Å². The lowest BCUT2D eigenvalue weighted by atomic mass is 9.86. The lowest BCUT2D eigenvalue weighted by Crippen LogP contribution is -2.42. The highest BCUT2D eigenvalue weighted by Gasteiger charge is 2.62. The van der Waals surface area contributed by atoms with Gasteiger partial charge in [-0.3, -0.25) is 9.78 Å². The Labute approximate surface area is 225 Å². The number of aryl methyl sites for hydroxylation is 2. The molecule has 2 heterocycles. The number of halogens is 5. The van der Waals surface area contributed by atoms with Crippen LogP contribution in [0.5, 0.6) is 0 Å². The second-order valence-corrected chi connectivity index (χ2v) is 9.32. The Morgan fingerprint density at radius 3 is 2.29 bits per heavy atom. The smallest absolute Gasteiger partial charge is 0.435 e. The molecule has 8 nitrogen and oxygen atoms in total. The molecule has 0 saturated heterocycles. The van der Waals surface area contributed by atoms with E-state index in [1.807, 2.05) is 0 Å². The van der Waals surface area contributed by atoms with Gasteiger partial charge in [-0.2, -0.15) is 18.1 Å². The van der Waals surface area contributed by atoms with Crippen LogP contribution in [0.3, 0.4) is 0 Å². The van der Waals surface area contributed by atoms with Crippen molar-refractivity contribution >= 4 is 46.7 Å². The van der Waals surface area contributed by atoms with E-state index >= 15 is 0 Å². The number of hydrogen-bond acceptors (Lipinski definition) is 7. The Kier molecular flexibility index (Phi) is 7.35. The van der Waals surface area contributed by atoms with Gasteiger partial charge in [-0.15, -0.1) is 0 Å². The maximum atomic E-state index is 14.3. The second kappa shape index (κ2) is 10.2. The van der Waals surface area contributed by atoms with Gasteiger partial charge in [-0.25, -0.2) is 9.78 Å². The van der Waals surface area contributed by atoms with E-state index in [0.29, 0.717) is 16.2 Å². The SMILES string of the molecule is COC(=O)N(C(=O)c1ccc(C2=NOC(c3cc(Cl)cc(Cl)c3)(C(F)(F)F)C2)cc1C)c1cnc(C)cn1. The molecule has 2 amide bonds. The summed E-state index contributed by atoms with van der Waals surface area (Å²) in [7, 11) is 1.11. The summed E-state index contributed by atoms with van der Waals surface area (Å²) >= 11 is 11.9. The summed E-state index contributed by atoms with van der Waals surface area (Å²) < 4.78 is 47.6. The predicted octanol–water partition coefficient (Wildman–Crippen LogP) is 6.40. The zero-order chi connectivity index (χ0) is 27.8. The Hall–Kier alpha value is -3.70. The monoisotopic (exact) mass is 566 g/mol. The van der Waals surface area contributed by atoms with Crippen LogP contribution in [0.1, 0.15) is 39.2 Å². The first kappa shape index (κ1) is 27.3. The maximum absolute atomic E-state index is 14.3. The third-order valence-electron chi connectivity index (χ3n) is 5.86. The number of imide groups is 1.